The van der Waals surface area contributed by atoms with E-state index in [0.717, 1.165) is 28.6 Å². The number of hydrogen-bond donors (Lipinski definition) is 1. The Kier molecular flexibility index (Phi) is 6.40. The molecule has 1 aromatic heterocycles. The Hall–Kier alpha value is -3.40. The molecule has 1 N–H and O–H groups in total. The van der Waals surface area contributed by atoms with Crippen molar-refractivity contribution in [3.05, 3.63) is 107 Å². The molecule has 3 aromatic carbocycles. The van der Waals surface area contributed by atoms with E-state index in [4.69, 9.17) is 0 Å². The summed E-state index contributed by atoms with van der Waals surface area (Å²) >= 11 is 0. The van der Waals surface area contributed by atoms with Gasteiger partial charge in [-0.2, -0.15) is 0 Å². The van der Waals surface area contributed by atoms with Crippen molar-refractivity contribution in [3.8, 4) is 0 Å². The molecule has 0 saturated heterocycles. The maximum absolute atomic E-state index is 13.6. The largest absolute Gasteiger partial charge is 0.354 e. The van der Waals surface area contributed by atoms with Gasteiger partial charge in [0, 0.05) is 42.0 Å². The number of nitrogens with one attached hydrogen (secondary N) is 1. The second kappa shape index (κ2) is 9.39. The minimum absolute atomic E-state index is 0.00955. The molecule has 1 atom stereocenters. The zero-order valence-corrected chi connectivity index (χ0v) is 18.8. The number of aromatic nitrogens is 1. The summed E-state index contributed by atoms with van der Waals surface area (Å²) in [7, 11) is 0. The van der Waals surface area contributed by atoms with Crippen LogP contribution in [0, 0.1) is 12.7 Å². The van der Waals surface area contributed by atoms with Crippen LogP contribution < -0.4 is 5.32 Å². The second-order valence-corrected chi connectivity index (χ2v) is 8.75. The maximum atomic E-state index is 13.6. The van der Waals surface area contributed by atoms with Gasteiger partial charge in [0.2, 0.25) is 5.91 Å². The average Bonchev–Trinajstić information content (AvgIpc) is 3.12. The van der Waals surface area contributed by atoms with E-state index in [9.17, 15) is 9.18 Å². The number of benzene rings is 3. The van der Waals surface area contributed by atoms with Crippen LogP contribution in [0.1, 0.15) is 48.4 Å². The topological polar surface area (TPSA) is 34.0 Å². The Morgan fingerprint density at radius 2 is 1.66 bits per heavy atom. The predicted molar refractivity (Wildman–Crippen MR) is 128 cm³/mol. The van der Waals surface area contributed by atoms with E-state index in [1.165, 1.54) is 23.3 Å². The summed E-state index contributed by atoms with van der Waals surface area (Å²) in [4.78, 5) is 12.8. The minimum Gasteiger partial charge on any atom is -0.354 e. The van der Waals surface area contributed by atoms with Crippen molar-refractivity contribution in [2.45, 2.75) is 45.7 Å². The molecule has 1 amide bonds. The summed E-state index contributed by atoms with van der Waals surface area (Å²) in [5.41, 5.74) is 5.60. The fourth-order valence-corrected chi connectivity index (χ4v) is 4.24. The molecule has 0 unspecified atom stereocenters. The molecule has 0 aliphatic carbocycles. The predicted octanol–water partition coefficient (Wildman–Crippen LogP) is 6.18. The van der Waals surface area contributed by atoms with Crippen LogP contribution in [0.3, 0.4) is 0 Å². The number of fused-ring (bicyclic) bond motifs is 1. The molecule has 0 aliphatic heterocycles. The standard InChI is InChI=1S/C28H29FN2O/c1-19(2)30-28(32)16-25(22-12-14-23(29)15-13-22)26-18-31(27-7-5-4-6-24(26)27)17-21-10-8-20(3)9-11-21/h4-15,18-19,25H,16-17H2,1-3H3,(H,30,32)/t25-/m0/s1. The number of carbonyl (C=O) groups excluding carboxylic acids is 1. The van der Waals surface area contributed by atoms with E-state index in [0.29, 0.717) is 6.42 Å². The Balaban J connectivity index is 1.78. The molecule has 32 heavy (non-hydrogen) atoms. The Bertz CT molecular complexity index is 1210. The first-order valence-electron chi connectivity index (χ1n) is 11.1. The Morgan fingerprint density at radius 1 is 0.969 bits per heavy atom. The molecular formula is C28H29FN2O. The van der Waals surface area contributed by atoms with Crippen LogP contribution in [-0.2, 0) is 11.3 Å². The average molecular weight is 429 g/mol. The smallest absolute Gasteiger partial charge is 0.221 e. The zero-order valence-electron chi connectivity index (χ0n) is 18.8. The molecule has 1 heterocycles. The van der Waals surface area contributed by atoms with Crippen molar-refractivity contribution in [2.24, 2.45) is 0 Å². The van der Waals surface area contributed by atoms with E-state index >= 15 is 0 Å². The number of rotatable bonds is 7. The van der Waals surface area contributed by atoms with Crippen LogP contribution in [0.25, 0.3) is 10.9 Å². The number of nitrogens with zero attached hydrogens (tertiary/aromatic N) is 1. The van der Waals surface area contributed by atoms with Gasteiger partial charge >= 0.3 is 0 Å². The van der Waals surface area contributed by atoms with Crippen LogP contribution in [-0.4, -0.2) is 16.5 Å². The minimum atomic E-state index is -0.277. The highest BCUT2D eigenvalue weighted by Crippen LogP contribution is 2.35. The van der Waals surface area contributed by atoms with Gasteiger partial charge in [-0.15, -0.1) is 0 Å². The highest BCUT2D eigenvalue weighted by molar-refractivity contribution is 5.86. The molecule has 4 aromatic rings. The van der Waals surface area contributed by atoms with E-state index in [-0.39, 0.29) is 23.7 Å². The normalized spacial score (nSPS) is 12.3. The lowest BCUT2D eigenvalue weighted by Crippen LogP contribution is -2.31. The van der Waals surface area contributed by atoms with Crippen molar-refractivity contribution < 1.29 is 9.18 Å². The fourth-order valence-electron chi connectivity index (χ4n) is 4.24. The van der Waals surface area contributed by atoms with Crippen LogP contribution in [0.4, 0.5) is 4.39 Å². The van der Waals surface area contributed by atoms with Crippen LogP contribution in [0.15, 0.2) is 79.0 Å². The van der Waals surface area contributed by atoms with Crippen LogP contribution in [0.5, 0.6) is 0 Å². The van der Waals surface area contributed by atoms with Gasteiger partial charge in [0.25, 0.3) is 0 Å². The van der Waals surface area contributed by atoms with Crippen molar-refractivity contribution in [3.63, 3.8) is 0 Å². The number of para-hydroxylation sites is 1. The Labute approximate surface area is 188 Å². The van der Waals surface area contributed by atoms with Crippen molar-refractivity contribution in [1.82, 2.24) is 9.88 Å². The summed E-state index contributed by atoms with van der Waals surface area (Å²) in [6, 6.07) is 23.4. The van der Waals surface area contributed by atoms with Gasteiger partial charge in [-0.25, -0.2) is 4.39 Å². The number of amides is 1. The quantitative estimate of drug-likeness (QED) is 0.374. The number of carbonyl (C=O) groups is 1. The van der Waals surface area contributed by atoms with E-state index in [1.54, 1.807) is 12.1 Å². The molecule has 0 spiro atoms. The van der Waals surface area contributed by atoms with Gasteiger partial charge in [0.05, 0.1) is 0 Å². The fraction of sp³-hybridized carbons (Fsp3) is 0.250. The number of hydrogen-bond acceptors (Lipinski definition) is 1. The van der Waals surface area contributed by atoms with Crippen molar-refractivity contribution in [1.29, 1.82) is 0 Å². The maximum Gasteiger partial charge on any atom is 0.221 e. The molecular weight excluding hydrogens is 399 g/mol. The SMILES string of the molecule is Cc1ccc(Cn2cc([C@@H](CC(=O)NC(C)C)c3ccc(F)cc3)c3ccccc32)cc1. The molecule has 164 valence electrons. The van der Waals surface area contributed by atoms with Crippen LogP contribution in [0.2, 0.25) is 0 Å². The summed E-state index contributed by atoms with van der Waals surface area (Å²) in [5.74, 6) is -0.455. The summed E-state index contributed by atoms with van der Waals surface area (Å²) in [6.07, 6.45) is 2.46. The van der Waals surface area contributed by atoms with Gasteiger partial charge in [-0.3, -0.25) is 4.79 Å². The van der Waals surface area contributed by atoms with E-state index < -0.39 is 0 Å². The highest BCUT2D eigenvalue weighted by Gasteiger charge is 2.23. The van der Waals surface area contributed by atoms with Crippen LogP contribution >= 0.6 is 0 Å². The third-order valence-corrected chi connectivity index (χ3v) is 5.78. The van der Waals surface area contributed by atoms with Gasteiger partial charge in [-0.1, -0.05) is 60.2 Å². The molecule has 3 nitrogen and oxygen atoms in total. The summed E-state index contributed by atoms with van der Waals surface area (Å²) in [5, 5.41) is 4.12. The lowest BCUT2D eigenvalue weighted by Gasteiger charge is -2.18. The first-order chi connectivity index (χ1) is 15.4. The monoisotopic (exact) mass is 428 g/mol. The van der Waals surface area contributed by atoms with Gasteiger partial charge in [0.1, 0.15) is 5.82 Å². The van der Waals surface area contributed by atoms with Gasteiger partial charge < -0.3 is 9.88 Å². The lowest BCUT2D eigenvalue weighted by atomic mass is 9.88. The number of aryl methyl sites for hydroxylation is 1. The molecule has 0 fully saturated rings. The Morgan fingerprint density at radius 3 is 2.34 bits per heavy atom. The molecule has 0 saturated carbocycles. The highest BCUT2D eigenvalue weighted by atomic mass is 19.1. The molecule has 0 bridgehead atoms. The first-order valence-corrected chi connectivity index (χ1v) is 11.1. The molecule has 4 rings (SSSR count). The summed E-state index contributed by atoms with van der Waals surface area (Å²) < 4.78 is 15.9. The molecule has 0 radical (unpaired) electrons. The lowest BCUT2D eigenvalue weighted by molar-refractivity contribution is -0.121. The summed E-state index contributed by atoms with van der Waals surface area (Å²) in [6.45, 7) is 6.74. The second-order valence-electron chi connectivity index (χ2n) is 8.75. The zero-order chi connectivity index (χ0) is 22.7. The van der Waals surface area contributed by atoms with E-state index in [1.807, 2.05) is 26.0 Å². The van der Waals surface area contributed by atoms with Gasteiger partial charge in [0.15, 0.2) is 0 Å². The molecule has 4 heteroatoms. The van der Waals surface area contributed by atoms with Crippen molar-refractivity contribution >= 4 is 16.8 Å². The third kappa shape index (κ3) is 4.91. The van der Waals surface area contributed by atoms with E-state index in [2.05, 4.69) is 59.4 Å². The first kappa shape index (κ1) is 21.8. The van der Waals surface area contributed by atoms with Gasteiger partial charge in [-0.05, 0) is 55.7 Å². The molecule has 0 aliphatic rings. The number of halogens is 1. The van der Waals surface area contributed by atoms with Crippen molar-refractivity contribution in [2.75, 3.05) is 0 Å². The third-order valence-electron chi connectivity index (χ3n) is 5.78.